The Hall–Kier alpha value is -0.540. The van der Waals surface area contributed by atoms with Crippen LogP contribution in [0, 0.1) is 11.3 Å². The minimum Gasteiger partial charge on any atom is -0.462 e. The van der Waals surface area contributed by atoms with E-state index in [2.05, 4.69) is 12.2 Å². The smallest absolute Gasteiger partial charge is 0.302 e. The van der Waals surface area contributed by atoms with Crippen molar-refractivity contribution in [2.75, 3.05) is 0 Å². The van der Waals surface area contributed by atoms with Crippen LogP contribution in [0.15, 0.2) is 12.2 Å². The Balaban J connectivity index is 1.76. The predicted molar refractivity (Wildman–Crippen MR) is 66.3 cm³/mol. The highest BCUT2D eigenvalue weighted by molar-refractivity contribution is 6.28. The fourth-order valence-corrected chi connectivity index (χ4v) is 5.51. The van der Waals surface area contributed by atoms with Crippen molar-refractivity contribution >= 4 is 17.6 Å². The average molecular weight is 269 g/mol. The van der Waals surface area contributed by atoms with Crippen molar-refractivity contribution in [3.05, 3.63) is 12.2 Å². The molecule has 1 spiro atoms. The van der Waals surface area contributed by atoms with E-state index in [0.29, 0.717) is 5.92 Å². The lowest BCUT2D eigenvalue weighted by molar-refractivity contribution is -0.152. The van der Waals surface area contributed by atoms with E-state index in [1.165, 1.54) is 13.3 Å². The van der Waals surface area contributed by atoms with Crippen molar-refractivity contribution in [2.45, 2.75) is 55.8 Å². The minimum absolute atomic E-state index is 0.0188. The van der Waals surface area contributed by atoms with E-state index in [4.69, 9.17) is 21.1 Å². The SMILES string of the molecule is CC(=O)OC1CCCC[C@H]2C13[C@H]1C=C[C@H](O1)[C@]23Cl. The Morgan fingerprint density at radius 2 is 2.06 bits per heavy atom. The molecule has 6 atom stereocenters. The van der Waals surface area contributed by atoms with Gasteiger partial charge in [0.25, 0.3) is 0 Å². The van der Waals surface area contributed by atoms with Crippen LogP contribution in [-0.4, -0.2) is 29.2 Å². The zero-order valence-electron chi connectivity index (χ0n) is 10.4. The van der Waals surface area contributed by atoms with Crippen molar-refractivity contribution in [1.29, 1.82) is 0 Å². The van der Waals surface area contributed by atoms with Crippen LogP contribution in [0.25, 0.3) is 0 Å². The Kier molecular flexibility index (Phi) is 2.08. The van der Waals surface area contributed by atoms with Gasteiger partial charge in [-0.2, -0.15) is 0 Å². The summed E-state index contributed by atoms with van der Waals surface area (Å²) in [6.07, 6.45) is 8.56. The number of hydrogen-bond donors (Lipinski definition) is 0. The lowest BCUT2D eigenvalue weighted by atomic mass is 9.84. The Morgan fingerprint density at radius 1 is 1.33 bits per heavy atom. The second kappa shape index (κ2) is 3.31. The molecule has 0 aromatic heterocycles. The first-order valence-electron chi connectivity index (χ1n) is 6.81. The normalized spacial score (nSPS) is 55.7. The predicted octanol–water partition coefficient (Wildman–Crippen LogP) is 2.42. The number of alkyl halides is 1. The Bertz CT molecular complexity index is 448. The molecule has 4 aliphatic rings. The summed E-state index contributed by atoms with van der Waals surface area (Å²) in [5, 5.41) is 0. The molecule has 3 nitrogen and oxygen atoms in total. The van der Waals surface area contributed by atoms with Crippen LogP contribution < -0.4 is 0 Å². The van der Waals surface area contributed by atoms with Gasteiger partial charge in [-0.1, -0.05) is 18.6 Å². The monoisotopic (exact) mass is 268 g/mol. The quantitative estimate of drug-likeness (QED) is 0.416. The molecule has 0 N–H and O–H groups in total. The lowest BCUT2D eigenvalue weighted by Gasteiger charge is -2.29. The number of carbonyl (C=O) groups is 1. The molecule has 1 saturated heterocycles. The van der Waals surface area contributed by atoms with Crippen LogP contribution >= 0.6 is 11.6 Å². The van der Waals surface area contributed by atoms with Gasteiger partial charge in [-0.3, -0.25) is 4.79 Å². The van der Waals surface area contributed by atoms with Crippen LogP contribution in [0.1, 0.15) is 32.6 Å². The molecular weight excluding hydrogens is 252 g/mol. The number of carbonyl (C=O) groups excluding carboxylic acids is 1. The highest BCUT2D eigenvalue weighted by Crippen LogP contribution is 2.81. The molecule has 98 valence electrons. The molecular formula is C14H17ClO3. The third kappa shape index (κ3) is 1.01. The third-order valence-corrected chi connectivity index (χ3v) is 6.16. The molecule has 2 aliphatic carbocycles. The first kappa shape index (κ1) is 11.3. The van der Waals surface area contributed by atoms with E-state index in [1.54, 1.807) is 0 Å². The number of ether oxygens (including phenoxy) is 2. The van der Waals surface area contributed by atoms with Crippen molar-refractivity contribution in [1.82, 2.24) is 0 Å². The highest BCUT2D eigenvalue weighted by Gasteiger charge is 2.89. The summed E-state index contributed by atoms with van der Waals surface area (Å²) in [6, 6.07) is 0. The van der Waals surface area contributed by atoms with Gasteiger partial charge < -0.3 is 9.47 Å². The summed E-state index contributed by atoms with van der Waals surface area (Å²) in [5.74, 6) is 0.241. The van der Waals surface area contributed by atoms with Crippen molar-refractivity contribution < 1.29 is 14.3 Å². The number of esters is 1. The zero-order valence-corrected chi connectivity index (χ0v) is 11.2. The summed E-state index contributed by atoms with van der Waals surface area (Å²) in [4.78, 5) is 11.0. The van der Waals surface area contributed by atoms with E-state index < -0.39 is 0 Å². The molecule has 0 aromatic rings. The molecule has 18 heavy (non-hydrogen) atoms. The summed E-state index contributed by atoms with van der Waals surface area (Å²) < 4.78 is 11.5. The molecule has 0 amide bonds. The van der Waals surface area contributed by atoms with Crippen molar-refractivity contribution in [3.8, 4) is 0 Å². The van der Waals surface area contributed by atoms with Crippen LogP contribution in [0.2, 0.25) is 0 Å². The summed E-state index contributed by atoms with van der Waals surface area (Å²) in [7, 11) is 0. The fourth-order valence-electron chi connectivity index (χ4n) is 4.79. The maximum absolute atomic E-state index is 11.4. The van der Waals surface area contributed by atoms with Crippen LogP contribution in [0.5, 0.6) is 0 Å². The number of hydrogen-bond acceptors (Lipinski definition) is 3. The highest BCUT2D eigenvalue weighted by atomic mass is 35.5. The van der Waals surface area contributed by atoms with Crippen LogP contribution in [0.3, 0.4) is 0 Å². The molecule has 0 aromatic carbocycles. The largest absolute Gasteiger partial charge is 0.462 e. The van der Waals surface area contributed by atoms with Gasteiger partial charge in [0, 0.05) is 6.92 Å². The molecule has 2 unspecified atom stereocenters. The molecule has 2 heterocycles. The third-order valence-electron chi connectivity index (χ3n) is 5.35. The van der Waals surface area contributed by atoms with Gasteiger partial charge in [0.15, 0.2) is 0 Å². The van der Waals surface area contributed by atoms with Gasteiger partial charge in [-0.25, -0.2) is 0 Å². The number of fused-ring (bicyclic) bond motifs is 4. The maximum Gasteiger partial charge on any atom is 0.302 e. The van der Waals surface area contributed by atoms with Gasteiger partial charge in [0.05, 0.1) is 22.5 Å². The van der Waals surface area contributed by atoms with Gasteiger partial charge in [-0.05, 0) is 25.2 Å². The standard InChI is InChI=1S/C14H17ClO3/c1-8(16)17-10-5-3-2-4-9-13(10)11-6-7-12(18-11)14(9,13)15/h6-7,9-12H,2-5H2,1H3/t9-,10?,11+,12-,13?,14+/m0/s1. The van der Waals surface area contributed by atoms with E-state index >= 15 is 0 Å². The second-order valence-corrected chi connectivity index (χ2v) is 6.62. The van der Waals surface area contributed by atoms with Crippen LogP contribution in [-0.2, 0) is 14.3 Å². The molecule has 4 heteroatoms. The topological polar surface area (TPSA) is 35.5 Å². The van der Waals surface area contributed by atoms with Gasteiger partial charge in [0.2, 0.25) is 0 Å². The van der Waals surface area contributed by atoms with Gasteiger partial charge in [-0.15, -0.1) is 11.6 Å². The number of rotatable bonds is 1. The van der Waals surface area contributed by atoms with Crippen LogP contribution in [0.4, 0.5) is 0 Å². The molecule has 2 bridgehead atoms. The zero-order chi connectivity index (χ0) is 12.5. The summed E-state index contributed by atoms with van der Waals surface area (Å²) in [5.41, 5.74) is -0.143. The van der Waals surface area contributed by atoms with E-state index in [1.807, 2.05) is 0 Å². The minimum atomic E-state index is -0.313. The van der Waals surface area contributed by atoms with Gasteiger partial charge in [0.1, 0.15) is 6.10 Å². The fraction of sp³-hybridized carbons (Fsp3) is 0.786. The number of halogens is 1. The first-order chi connectivity index (χ1) is 8.61. The molecule has 4 rings (SSSR count). The first-order valence-corrected chi connectivity index (χ1v) is 7.19. The second-order valence-electron chi connectivity index (χ2n) is 6.00. The van der Waals surface area contributed by atoms with Gasteiger partial charge >= 0.3 is 5.97 Å². The lowest BCUT2D eigenvalue weighted by Crippen LogP contribution is -2.38. The van der Waals surface area contributed by atoms with E-state index in [9.17, 15) is 4.79 Å². The Morgan fingerprint density at radius 3 is 2.83 bits per heavy atom. The summed E-state index contributed by atoms with van der Waals surface area (Å²) >= 11 is 6.88. The van der Waals surface area contributed by atoms with Crippen molar-refractivity contribution in [3.63, 3.8) is 0 Å². The van der Waals surface area contributed by atoms with E-state index in [-0.39, 0.29) is 34.6 Å². The molecule has 0 radical (unpaired) electrons. The summed E-state index contributed by atoms with van der Waals surface area (Å²) in [6.45, 7) is 1.48. The average Bonchev–Trinajstić information content (AvgIpc) is 2.61. The Labute approximate surface area is 111 Å². The maximum atomic E-state index is 11.4. The molecule has 2 saturated carbocycles. The molecule has 3 fully saturated rings. The van der Waals surface area contributed by atoms with Crippen molar-refractivity contribution in [2.24, 2.45) is 11.3 Å². The molecule has 2 aliphatic heterocycles. The van der Waals surface area contributed by atoms with E-state index in [0.717, 1.165) is 19.3 Å².